The van der Waals surface area contributed by atoms with Gasteiger partial charge in [-0.2, -0.15) is 0 Å². The number of nitrogens with one attached hydrogen (secondary N) is 1. The zero-order valence-electron chi connectivity index (χ0n) is 15.7. The molecule has 0 radical (unpaired) electrons. The molecule has 2 aromatic carbocycles. The summed E-state index contributed by atoms with van der Waals surface area (Å²) >= 11 is 0. The quantitative estimate of drug-likeness (QED) is 0.853. The molecule has 0 unspecified atom stereocenters. The molecule has 1 fully saturated rings. The van der Waals surface area contributed by atoms with E-state index in [0.29, 0.717) is 12.1 Å². The molecule has 1 atom stereocenters. The van der Waals surface area contributed by atoms with Crippen LogP contribution in [0.1, 0.15) is 35.3 Å². The van der Waals surface area contributed by atoms with Crippen molar-refractivity contribution in [3.05, 3.63) is 71.3 Å². The molecule has 0 bridgehead atoms. The molecule has 27 heavy (non-hydrogen) atoms. The highest BCUT2D eigenvalue weighted by atomic mass is 16.5. The van der Waals surface area contributed by atoms with E-state index in [0.717, 1.165) is 11.3 Å². The summed E-state index contributed by atoms with van der Waals surface area (Å²) in [5, 5.41) is 3.20. The van der Waals surface area contributed by atoms with Gasteiger partial charge in [-0.1, -0.05) is 50.3 Å². The maximum absolute atomic E-state index is 12.3. The number of hydrogen-bond acceptors (Lipinski definition) is 4. The van der Waals surface area contributed by atoms with Gasteiger partial charge in [0.1, 0.15) is 5.66 Å². The Bertz CT molecular complexity index is 946. The number of carbonyl (C=O) groups is 2. The Hall–Kier alpha value is -3.08. The third-order valence-electron chi connectivity index (χ3n) is 5.73. The van der Waals surface area contributed by atoms with Crippen LogP contribution in [0.25, 0.3) is 6.08 Å². The number of fused-ring (bicyclic) bond motifs is 3. The number of esters is 1. The molecule has 0 aromatic heterocycles. The number of hydrogen-bond donors (Lipinski definition) is 1. The van der Waals surface area contributed by atoms with Crippen molar-refractivity contribution in [1.82, 2.24) is 5.32 Å². The Kier molecular flexibility index (Phi) is 3.84. The predicted molar refractivity (Wildman–Crippen MR) is 105 cm³/mol. The van der Waals surface area contributed by atoms with E-state index in [9.17, 15) is 9.59 Å². The smallest absolute Gasteiger partial charge is 0.337 e. The van der Waals surface area contributed by atoms with E-state index < -0.39 is 5.66 Å². The number of amides is 1. The lowest BCUT2D eigenvalue weighted by atomic mass is 9.75. The second-order valence-corrected chi connectivity index (χ2v) is 7.49. The van der Waals surface area contributed by atoms with Gasteiger partial charge in [0.2, 0.25) is 5.91 Å². The fourth-order valence-electron chi connectivity index (χ4n) is 4.20. The SMILES string of the molecule is COC(=O)c1ccc(/C=C/[C@]23NC(=O)CN2c2ccccc2C3(C)C)cc1. The van der Waals surface area contributed by atoms with Crippen LogP contribution in [0.3, 0.4) is 0 Å². The van der Waals surface area contributed by atoms with Crippen LogP contribution in [0.5, 0.6) is 0 Å². The number of anilines is 1. The zero-order valence-corrected chi connectivity index (χ0v) is 15.7. The summed E-state index contributed by atoms with van der Waals surface area (Å²) < 4.78 is 4.74. The maximum atomic E-state index is 12.3. The first-order valence-electron chi connectivity index (χ1n) is 8.95. The molecule has 2 aromatic rings. The molecule has 1 saturated heterocycles. The van der Waals surface area contributed by atoms with Crippen molar-refractivity contribution in [2.45, 2.75) is 24.9 Å². The number of nitrogens with zero attached hydrogens (tertiary/aromatic N) is 1. The van der Waals surface area contributed by atoms with Crippen LogP contribution >= 0.6 is 0 Å². The Labute approximate surface area is 158 Å². The van der Waals surface area contributed by atoms with Gasteiger partial charge < -0.3 is 15.0 Å². The average molecular weight is 362 g/mol. The molecule has 2 heterocycles. The van der Waals surface area contributed by atoms with Gasteiger partial charge in [-0.05, 0) is 35.4 Å². The van der Waals surface area contributed by atoms with E-state index >= 15 is 0 Å². The Morgan fingerprint density at radius 3 is 2.56 bits per heavy atom. The third-order valence-corrected chi connectivity index (χ3v) is 5.73. The van der Waals surface area contributed by atoms with Gasteiger partial charge in [0, 0.05) is 11.1 Å². The highest BCUT2D eigenvalue weighted by Gasteiger charge is 2.59. The minimum Gasteiger partial charge on any atom is -0.465 e. The van der Waals surface area contributed by atoms with Gasteiger partial charge in [0.05, 0.1) is 19.2 Å². The van der Waals surface area contributed by atoms with Crippen molar-refractivity contribution in [1.29, 1.82) is 0 Å². The van der Waals surface area contributed by atoms with Gasteiger partial charge in [0.25, 0.3) is 0 Å². The molecule has 138 valence electrons. The lowest BCUT2D eigenvalue weighted by molar-refractivity contribution is -0.118. The van der Waals surface area contributed by atoms with Crippen LogP contribution in [-0.4, -0.2) is 31.2 Å². The molecule has 0 saturated carbocycles. The van der Waals surface area contributed by atoms with E-state index in [-0.39, 0.29) is 17.3 Å². The summed E-state index contributed by atoms with van der Waals surface area (Å²) in [6.07, 6.45) is 4.05. The lowest BCUT2D eigenvalue weighted by Crippen LogP contribution is -2.58. The molecular weight excluding hydrogens is 340 g/mol. The monoisotopic (exact) mass is 362 g/mol. The Balaban J connectivity index is 1.72. The Morgan fingerprint density at radius 1 is 1.15 bits per heavy atom. The Morgan fingerprint density at radius 2 is 1.85 bits per heavy atom. The van der Waals surface area contributed by atoms with Crippen LogP contribution in [0, 0.1) is 0 Å². The first-order valence-corrected chi connectivity index (χ1v) is 8.95. The molecule has 5 heteroatoms. The fourth-order valence-corrected chi connectivity index (χ4v) is 4.20. The molecule has 1 N–H and O–H groups in total. The summed E-state index contributed by atoms with van der Waals surface area (Å²) in [4.78, 5) is 26.0. The van der Waals surface area contributed by atoms with Crippen LogP contribution in [0.2, 0.25) is 0 Å². The third kappa shape index (κ3) is 2.46. The van der Waals surface area contributed by atoms with Crippen LogP contribution in [0.4, 0.5) is 5.69 Å². The molecule has 4 rings (SSSR count). The summed E-state index contributed by atoms with van der Waals surface area (Å²) in [6, 6.07) is 15.5. The summed E-state index contributed by atoms with van der Waals surface area (Å²) in [5.74, 6) is -0.339. The standard InChI is InChI=1S/C22H22N2O3/c1-21(2)17-6-4-5-7-18(17)24-14-19(25)23-22(21,24)13-12-15-8-10-16(11-9-15)20(26)27-3/h4-13H,14H2,1-3H3,(H,23,25)/b13-12+/t22-/m0/s1. The number of benzene rings is 2. The summed E-state index contributed by atoms with van der Waals surface area (Å²) in [7, 11) is 1.37. The predicted octanol–water partition coefficient (Wildman–Crippen LogP) is 3.11. The first kappa shape index (κ1) is 17.3. The van der Waals surface area contributed by atoms with Gasteiger partial charge in [-0.25, -0.2) is 4.79 Å². The van der Waals surface area contributed by atoms with Crippen molar-refractivity contribution in [2.24, 2.45) is 0 Å². The average Bonchev–Trinajstić information content (AvgIpc) is 3.11. The van der Waals surface area contributed by atoms with Gasteiger partial charge in [-0.3, -0.25) is 4.79 Å². The number of rotatable bonds is 3. The van der Waals surface area contributed by atoms with Crippen LogP contribution < -0.4 is 10.2 Å². The summed E-state index contributed by atoms with van der Waals surface area (Å²) in [6.45, 7) is 4.65. The molecule has 5 nitrogen and oxygen atoms in total. The second kappa shape index (κ2) is 5.98. The van der Waals surface area contributed by atoms with Crippen molar-refractivity contribution in [2.75, 3.05) is 18.6 Å². The highest BCUT2D eigenvalue weighted by Crippen LogP contribution is 2.52. The molecular formula is C22H22N2O3. The fraction of sp³-hybridized carbons (Fsp3) is 0.273. The number of methoxy groups -OCH3 is 1. The van der Waals surface area contributed by atoms with E-state index in [1.807, 2.05) is 30.3 Å². The first-order chi connectivity index (χ1) is 12.9. The topological polar surface area (TPSA) is 58.6 Å². The number of ether oxygens (including phenoxy) is 1. The van der Waals surface area contributed by atoms with E-state index in [1.165, 1.54) is 12.7 Å². The van der Waals surface area contributed by atoms with Crippen LogP contribution in [-0.2, 0) is 14.9 Å². The molecule has 0 spiro atoms. The molecule has 0 aliphatic carbocycles. The van der Waals surface area contributed by atoms with Crippen molar-refractivity contribution in [3.63, 3.8) is 0 Å². The highest BCUT2D eigenvalue weighted by molar-refractivity contribution is 5.92. The molecule has 2 aliphatic rings. The van der Waals surface area contributed by atoms with Crippen molar-refractivity contribution < 1.29 is 14.3 Å². The normalized spacial score (nSPS) is 22.5. The maximum Gasteiger partial charge on any atom is 0.337 e. The van der Waals surface area contributed by atoms with Gasteiger partial charge in [-0.15, -0.1) is 0 Å². The molecule has 1 amide bonds. The van der Waals surface area contributed by atoms with Crippen LogP contribution in [0.15, 0.2) is 54.6 Å². The molecule has 2 aliphatic heterocycles. The van der Waals surface area contributed by atoms with E-state index in [2.05, 4.69) is 42.3 Å². The zero-order chi connectivity index (χ0) is 19.2. The van der Waals surface area contributed by atoms with Gasteiger partial charge in [0.15, 0.2) is 0 Å². The van der Waals surface area contributed by atoms with E-state index in [1.54, 1.807) is 12.1 Å². The van der Waals surface area contributed by atoms with Gasteiger partial charge >= 0.3 is 5.97 Å². The number of carbonyl (C=O) groups excluding carboxylic acids is 2. The van der Waals surface area contributed by atoms with E-state index in [4.69, 9.17) is 4.74 Å². The lowest BCUT2D eigenvalue weighted by Gasteiger charge is -2.40. The minimum atomic E-state index is -0.616. The van der Waals surface area contributed by atoms with Crippen molar-refractivity contribution >= 4 is 23.6 Å². The van der Waals surface area contributed by atoms with Crippen molar-refractivity contribution in [3.8, 4) is 0 Å². The minimum absolute atomic E-state index is 0.0169. The largest absolute Gasteiger partial charge is 0.465 e. The number of para-hydroxylation sites is 1. The second-order valence-electron chi connectivity index (χ2n) is 7.49. The summed E-state index contributed by atoms with van der Waals surface area (Å²) in [5.41, 5.74) is 2.86.